The Bertz CT molecular complexity index is 703. The van der Waals surface area contributed by atoms with Crippen LogP contribution in [-0.2, 0) is 0 Å². The molecular formula is C17H16N2O3. The molecule has 2 aromatic rings. The third-order valence-electron chi connectivity index (χ3n) is 3.00. The molecule has 0 unspecified atom stereocenters. The van der Waals surface area contributed by atoms with E-state index in [0.29, 0.717) is 29.2 Å². The van der Waals surface area contributed by atoms with Crippen molar-refractivity contribution in [3.05, 3.63) is 59.2 Å². The number of hydrogen-bond acceptors (Lipinski definition) is 4. The summed E-state index contributed by atoms with van der Waals surface area (Å²) in [5.41, 5.74) is 7.22. The first-order valence-corrected chi connectivity index (χ1v) is 6.76. The van der Waals surface area contributed by atoms with Crippen LogP contribution in [0.3, 0.4) is 0 Å². The van der Waals surface area contributed by atoms with Gasteiger partial charge in [-0.05, 0) is 48.9 Å². The lowest BCUT2D eigenvalue weighted by molar-refractivity contribution is 0.0995. The molecule has 0 heterocycles. The molecule has 0 aliphatic carbocycles. The second kappa shape index (κ2) is 7.14. The highest BCUT2D eigenvalue weighted by Crippen LogP contribution is 2.20. The minimum atomic E-state index is -0.525. The van der Waals surface area contributed by atoms with Gasteiger partial charge in [-0.15, -0.1) is 0 Å². The minimum Gasteiger partial charge on any atom is -0.490 e. The zero-order valence-electron chi connectivity index (χ0n) is 12.2. The van der Waals surface area contributed by atoms with Crippen molar-refractivity contribution in [2.24, 2.45) is 5.73 Å². The summed E-state index contributed by atoms with van der Waals surface area (Å²) in [6, 6.07) is 14.1. The number of nitriles is 1. The van der Waals surface area contributed by atoms with Crippen molar-refractivity contribution >= 4 is 5.91 Å². The van der Waals surface area contributed by atoms with Crippen LogP contribution < -0.4 is 15.2 Å². The van der Waals surface area contributed by atoms with Crippen LogP contribution >= 0.6 is 0 Å². The molecule has 0 atom stereocenters. The summed E-state index contributed by atoms with van der Waals surface area (Å²) in [6.07, 6.45) is 0. The van der Waals surface area contributed by atoms with Crippen LogP contribution in [0.25, 0.3) is 0 Å². The van der Waals surface area contributed by atoms with E-state index >= 15 is 0 Å². The van der Waals surface area contributed by atoms with Crippen LogP contribution in [0, 0.1) is 18.3 Å². The molecule has 0 bridgehead atoms. The summed E-state index contributed by atoms with van der Waals surface area (Å²) in [5, 5.41) is 8.71. The number of carbonyl (C=O) groups excluding carboxylic acids is 1. The fraction of sp³-hybridized carbons (Fsp3) is 0.176. The fourth-order valence-electron chi connectivity index (χ4n) is 1.89. The summed E-state index contributed by atoms with van der Waals surface area (Å²) in [4.78, 5) is 11.3. The van der Waals surface area contributed by atoms with Crippen LogP contribution in [0.1, 0.15) is 21.5 Å². The number of rotatable bonds is 6. The summed E-state index contributed by atoms with van der Waals surface area (Å²) in [5.74, 6) is 0.584. The number of nitrogens with zero attached hydrogens (tertiary/aromatic N) is 1. The molecule has 0 aliphatic rings. The maximum absolute atomic E-state index is 11.3. The molecule has 2 aromatic carbocycles. The van der Waals surface area contributed by atoms with Crippen LogP contribution in [-0.4, -0.2) is 19.1 Å². The van der Waals surface area contributed by atoms with Gasteiger partial charge in [0.1, 0.15) is 24.7 Å². The van der Waals surface area contributed by atoms with Crippen LogP contribution in [0.15, 0.2) is 42.5 Å². The molecule has 0 saturated carbocycles. The van der Waals surface area contributed by atoms with E-state index in [1.54, 1.807) is 42.5 Å². The SMILES string of the molecule is Cc1ccc(C(N)=O)c(OCCOc2ccc(C#N)cc2)c1. The summed E-state index contributed by atoms with van der Waals surface area (Å²) in [6.45, 7) is 2.51. The van der Waals surface area contributed by atoms with Gasteiger partial charge in [-0.25, -0.2) is 0 Å². The molecule has 0 aromatic heterocycles. The lowest BCUT2D eigenvalue weighted by Crippen LogP contribution is -2.15. The van der Waals surface area contributed by atoms with Crippen molar-refractivity contribution in [1.29, 1.82) is 5.26 Å². The van der Waals surface area contributed by atoms with Crippen molar-refractivity contribution in [2.45, 2.75) is 6.92 Å². The molecule has 112 valence electrons. The van der Waals surface area contributed by atoms with Gasteiger partial charge in [0.05, 0.1) is 17.2 Å². The Morgan fingerprint density at radius 3 is 2.45 bits per heavy atom. The molecule has 0 saturated heterocycles. The number of benzene rings is 2. The van der Waals surface area contributed by atoms with E-state index in [4.69, 9.17) is 20.5 Å². The molecular weight excluding hydrogens is 280 g/mol. The van der Waals surface area contributed by atoms with Crippen molar-refractivity contribution in [3.63, 3.8) is 0 Å². The Morgan fingerprint density at radius 2 is 1.82 bits per heavy atom. The van der Waals surface area contributed by atoms with Crippen LogP contribution in [0.4, 0.5) is 0 Å². The highest BCUT2D eigenvalue weighted by Gasteiger charge is 2.09. The Kier molecular flexibility index (Phi) is 4.99. The average Bonchev–Trinajstić information content (AvgIpc) is 2.52. The van der Waals surface area contributed by atoms with Crippen LogP contribution in [0.2, 0.25) is 0 Å². The van der Waals surface area contributed by atoms with Gasteiger partial charge >= 0.3 is 0 Å². The highest BCUT2D eigenvalue weighted by molar-refractivity contribution is 5.95. The summed E-state index contributed by atoms with van der Waals surface area (Å²) in [7, 11) is 0. The monoisotopic (exact) mass is 296 g/mol. The topological polar surface area (TPSA) is 85.3 Å². The Balaban J connectivity index is 1.90. The molecule has 5 heteroatoms. The van der Waals surface area contributed by atoms with E-state index in [2.05, 4.69) is 0 Å². The number of hydrogen-bond donors (Lipinski definition) is 1. The third-order valence-corrected chi connectivity index (χ3v) is 3.00. The zero-order valence-corrected chi connectivity index (χ0v) is 12.2. The van der Waals surface area contributed by atoms with Gasteiger partial charge < -0.3 is 15.2 Å². The molecule has 0 spiro atoms. The predicted molar refractivity (Wildman–Crippen MR) is 81.8 cm³/mol. The van der Waals surface area contributed by atoms with Gasteiger partial charge in [0, 0.05) is 0 Å². The van der Waals surface area contributed by atoms with E-state index in [9.17, 15) is 4.79 Å². The van der Waals surface area contributed by atoms with E-state index < -0.39 is 5.91 Å². The third kappa shape index (κ3) is 4.00. The minimum absolute atomic E-state index is 0.281. The van der Waals surface area contributed by atoms with Crippen molar-refractivity contribution < 1.29 is 14.3 Å². The second-order valence-electron chi connectivity index (χ2n) is 4.70. The average molecular weight is 296 g/mol. The predicted octanol–water partition coefficient (Wildman–Crippen LogP) is 2.42. The molecule has 5 nitrogen and oxygen atoms in total. The number of aryl methyl sites for hydroxylation is 1. The van der Waals surface area contributed by atoms with E-state index in [1.165, 1.54) is 0 Å². The number of ether oxygens (including phenoxy) is 2. The van der Waals surface area contributed by atoms with Gasteiger partial charge in [-0.2, -0.15) is 5.26 Å². The van der Waals surface area contributed by atoms with E-state index in [0.717, 1.165) is 5.56 Å². The van der Waals surface area contributed by atoms with Gasteiger partial charge in [0.15, 0.2) is 0 Å². The first-order chi connectivity index (χ1) is 10.6. The van der Waals surface area contributed by atoms with Crippen molar-refractivity contribution in [2.75, 3.05) is 13.2 Å². The zero-order chi connectivity index (χ0) is 15.9. The number of primary amides is 1. The first-order valence-electron chi connectivity index (χ1n) is 6.76. The van der Waals surface area contributed by atoms with Gasteiger partial charge in [0.2, 0.25) is 0 Å². The lowest BCUT2D eigenvalue weighted by atomic mass is 10.1. The largest absolute Gasteiger partial charge is 0.490 e. The van der Waals surface area contributed by atoms with Crippen molar-refractivity contribution in [3.8, 4) is 17.6 Å². The van der Waals surface area contributed by atoms with Gasteiger partial charge in [-0.3, -0.25) is 4.79 Å². The van der Waals surface area contributed by atoms with E-state index in [1.807, 2.05) is 13.0 Å². The van der Waals surface area contributed by atoms with Gasteiger partial charge in [-0.1, -0.05) is 6.07 Å². The van der Waals surface area contributed by atoms with Crippen molar-refractivity contribution in [1.82, 2.24) is 0 Å². The fourth-order valence-corrected chi connectivity index (χ4v) is 1.89. The Labute approximate surface area is 128 Å². The smallest absolute Gasteiger partial charge is 0.252 e. The lowest BCUT2D eigenvalue weighted by Gasteiger charge is -2.11. The standard InChI is InChI=1S/C17H16N2O3/c1-12-2-7-15(17(19)20)16(10-12)22-9-8-21-14-5-3-13(11-18)4-6-14/h2-7,10H,8-9H2,1H3,(H2,19,20). The molecule has 2 rings (SSSR count). The Morgan fingerprint density at radius 1 is 1.14 bits per heavy atom. The maximum atomic E-state index is 11.3. The summed E-state index contributed by atoms with van der Waals surface area (Å²) < 4.78 is 11.1. The molecule has 0 aliphatic heterocycles. The molecule has 0 radical (unpaired) electrons. The summed E-state index contributed by atoms with van der Waals surface area (Å²) >= 11 is 0. The number of amides is 1. The normalized spacial score (nSPS) is 9.82. The second-order valence-corrected chi connectivity index (χ2v) is 4.70. The highest BCUT2D eigenvalue weighted by atomic mass is 16.5. The molecule has 1 amide bonds. The first kappa shape index (κ1) is 15.4. The molecule has 22 heavy (non-hydrogen) atoms. The number of nitrogens with two attached hydrogens (primary N) is 1. The number of carbonyl (C=O) groups is 1. The van der Waals surface area contributed by atoms with Crippen LogP contribution in [0.5, 0.6) is 11.5 Å². The quantitative estimate of drug-likeness (QED) is 0.829. The maximum Gasteiger partial charge on any atom is 0.252 e. The molecule has 0 fully saturated rings. The Hall–Kier alpha value is -3.00. The van der Waals surface area contributed by atoms with Gasteiger partial charge in [0.25, 0.3) is 5.91 Å². The van der Waals surface area contributed by atoms with E-state index in [-0.39, 0.29) is 6.61 Å². The molecule has 2 N–H and O–H groups in total.